The Morgan fingerprint density at radius 2 is 2.18 bits per heavy atom. The van der Waals surface area contributed by atoms with Crippen LogP contribution >= 0.6 is 0 Å². The minimum Gasteiger partial charge on any atom is -0.392 e. The van der Waals surface area contributed by atoms with Gasteiger partial charge in [0.05, 0.1) is 6.61 Å². The third kappa shape index (κ3) is 5.86. The largest absolute Gasteiger partial charge is 0.392 e. The van der Waals surface area contributed by atoms with Crippen LogP contribution in [0.25, 0.3) is 0 Å². The fraction of sp³-hybridized carbons (Fsp3) is 0.600. The minimum atomic E-state index is 0.124. The highest BCUT2D eigenvalue weighted by Gasteiger charge is 1.89. The number of aliphatic hydroxyl groups is 1. The van der Waals surface area contributed by atoms with Gasteiger partial charge in [0.1, 0.15) is 0 Å². The lowest BCUT2D eigenvalue weighted by Crippen LogP contribution is -1.86. The molecule has 0 radical (unpaired) electrons. The second kappa shape index (κ2) is 6.17. The lowest BCUT2D eigenvalue weighted by atomic mass is 10.1. The summed E-state index contributed by atoms with van der Waals surface area (Å²) in [6.07, 6.45) is 5.25. The van der Waals surface area contributed by atoms with Crippen molar-refractivity contribution in [1.82, 2.24) is 0 Å². The molecule has 0 aliphatic carbocycles. The molecule has 0 bridgehead atoms. The first kappa shape index (κ1) is 10.4. The van der Waals surface area contributed by atoms with E-state index in [0.717, 1.165) is 24.8 Å². The zero-order valence-electron chi connectivity index (χ0n) is 7.56. The summed E-state index contributed by atoms with van der Waals surface area (Å²) in [5.74, 6) is 0. The summed E-state index contributed by atoms with van der Waals surface area (Å²) < 4.78 is 0. The number of hydrogen-bond donors (Lipinski definition) is 1. The number of hydrogen-bond acceptors (Lipinski definition) is 1. The van der Waals surface area contributed by atoms with E-state index in [4.69, 9.17) is 5.11 Å². The van der Waals surface area contributed by atoms with Gasteiger partial charge in [-0.1, -0.05) is 30.7 Å². The topological polar surface area (TPSA) is 20.2 Å². The van der Waals surface area contributed by atoms with E-state index in [-0.39, 0.29) is 6.61 Å². The first-order chi connectivity index (χ1) is 5.20. The monoisotopic (exact) mass is 154 g/mol. The summed E-state index contributed by atoms with van der Waals surface area (Å²) in [4.78, 5) is 0. The van der Waals surface area contributed by atoms with Crippen LogP contribution in [0.3, 0.4) is 0 Å². The van der Waals surface area contributed by atoms with Gasteiger partial charge in [0.25, 0.3) is 0 Å². The fourth-order valence-corrected chi connectivity index (χ4v) is 0.746. The number of rotatable bonds is 5. The van der Waals surface area contributed by atoms with Crippen LogP contribution in [0.4, 0.5) is 0 Å². The summed E-state index contributed by atoms with van der Waals surface area (Å²) in [6.45, 7) is 8.11. The van der Waals surface area contributed by atoms with Crippen LogP contribution < -0.4 is 0 Å². The van der Waals surface area contributed by atoms with E-state index in [9.17, 15) is 0 Å². The van der Waals surface area contributed by atoms with Crippen molar-refractivity contribution in [2.24, 2.45) is 0 Å². The standard InChI is InChI=1S/C10H18O/c1-4-9(2)6-5-7-10(3)8-11/h6,11H,3-5,7-8H2,1-2H3/b9-6+. The van der Waals surface area contributed by atoms with Crippen LogP contribution in [0, 0.1) is 0 Å². The quantitative estimate of drug-likeness (QED) is 0.604. The molecule has 0 rings (SSSR count). The Morgan fingerprint density at radius 3 is 2.64 bits per heavy atom. The van der Waals surface area contributed by atoms with Crippen LogP contribution in [0.15, 0.2) is 23.8 Å². The van der Waals surface area contributed by atoms with Crippen molar-refractivity contribution in [3.63, 3.8) is 0 Å². The third-order valence-electron chi connectivity index (χ3n) is 1.77. The lowest BCUT2D eigenvalue weighted by Gasteiger charge is -1.98. The molecule has 0 aliphatic rings. The predicted octanol–water partition coefficient (Wildman–Crippen LogP) is 2.67. The molecule has 64 valence electrons. The Morgan fingerprint density at radius 1 is 1.55 bits per heavy atom. The van der Waals surface area contributed by atoms with Crippen molar-refractivity contribution < 1.29 is 5.11 Å². The fourth-order valence-electron chi connectivity index (χ4n) is 0.746. The lowest BCUT2D eigenvalue weighted by molar-refractivity contribution is 0.327. The van der Waals surface area contributed by atoms with Gasteiger partial charge < -0.3 is 5.11 Å². The summed E-state index contributed by atoms with van der Waals surface area (Å²) >= 11 is 0. The highest BCUT2D eigenvalue weighted by atomic mass is 16.3. The highest BCUT2D eigenvalue weighted by Crippen LogP contribution is 2.06. The van der Waals surface area contributed by atoms with Crippen LogP contribution in [0.1, 0.15) is 33.1 Å². The van der Waals surface area contributed by atoms with Crippen molar-refractivity contribution >= 4 is 0 Å². The molecular formula is C10H18O. The summed E-state index contributed by atoms with van der Waals surface area (Å²) in [7, 11) is 0. The molecule has 0 spiro atoms. The summed E-state index contributed by atoms with van der Waals surface area (Å²) in [5, 5.41) is 8.64. The molecule has 0 unspecified atom stereocenters. The van der Waals surface area contributed by atoms with E-state index in [1.165, 1.54) is 5.57 Å². The van der Waals surface area contributed by atoms with Crippen LogP contribution in [0.2, 0.25) is 0 Å². The van der Waals surface area contributed by atoms with Gasteiger partial charge in [-0.25, -0.2) is 0 Å². The SMILES string of the molecule is C=C(CO)CC/C=C(\C)CC. The molecule has 0 saturated heterocycles. The Labute approximate surface area is 69.4 Å². The van der Waals surface area contributed by atoms with E-state index in [1.807, 2.05) is 0 Å². The van der Waals surface area contributed by atoms with Gasteiger partial charge in [-0.15, -0.1) is 0 Å². The zero-order chi connectivity index (χ0) is 8.69. The maximum Gasteiger partial charge on any atom is 0.0639 e. The van der Waals surface area contributed by atoms with Gasteiger partial charge in [0.15, 0.2) is 0 Å². The Kier molecular flexibility index (Phi) is 5.86. The van der Waals surface area contributed by atoms with E-state index < -0.39 is 0 Å². The molecule has 0 saturated carbocycles. The predicted molar refractivity (Wildman–Crippen MR) is 49.5 cm³/mol. The summed E-state index contributed by atoms with van der Waals surface area (Å²) in [5.41, 5.74) is 2.33. The molecule has 0 atom stereocenters. The molecule has 0 aromatic rings. The van der Waals surface area contributed by atoms with Crippen molar-refractivity contribution in [3.05, 3.63) is 23.8 Å². The molecule has 0 heterocycles. The molecule has 1 nitrogen and oxygen atoms in total. The van der Waals surface area contributed by atoms with Crippen LogP contribution in [-0.2, 0) is 0 Å². The zero-order valence-corrected chi connectivity index (χ0v) is 7.56. The normalized spacial score (nSPS) is 11.7. The molecule has 1 N–H and O–H groups in total. The van der Waals surface area contributed by atoms with Gasteiger partial charge in [-0.2, -0.15) is 0 Å². The van der Waals surface area contributed by atoms with Crippen molar-refractivity contribution in [1.29, 1.82) is 0 Å². The van der Waals surface area contributed by atoms with Crippen molar-refractivity contribution in [2.45, 2.75) is 33.1 Å². The van der Waals surface area contributed by atoms with Gasteiger partial charge in [0.2, 0.25) is 0 Å². The maximum atomic E-state index is 8.64. The first-order valence-electron chi connectivity index (χ1n) is 4.13. The average molecular weight is 154 g/mol. The highest BCUT2D eigenvalue weighted by molar-refractivity contribution is 5.01. The Hall–Kier alpha value is -0.560. The van der Waals surface area contributed by atoms with E-state index in [1.54, 1.807) is 0 Å². The smallest absolute Gasteiger partial charge is 0.0639 e. The second-order valence-corrected chi connectivity index (χ2v) is 2.85. The Bertz CT molecular complexity index is 145. The van der Waals surface area contributed by atoms with Crippen LogP contribution in [-0.4, -0.2) is 11.7 Å². The van der Waals surface area contributed by atoms with Crippen LogP contribution in [0.5, 0.6) is 0 Å². The van der Waals surface area contributed by atoms with Crippen molar-refractivity contribution in [2.75, 3.05) is 6.61 Å². The molecule has 11 heavy (non-hydrogen) atoms. The van der Waals surface area contributed by atoms with Crippen molar-refractivity contribution in [3.8, 4) is 0 Å². The second-order valence-electron chi connectivity index (χ2n) is 2.85. The van der Waals surface area contributed by atoms with E-state index in [2.05, 4.69) is 26.5 Å². The summed E-state index contributed by atoms with van der Waals surface area (Å²) in [6, 6.07) is 0. The van der Waals surface area contributed by atoms with Gasteiger partial charge in [-0.05, 0) is 26.2 Å². The molecule has 1 heteroatoms. The minimum absolute atomic E-state index is 0.124. The average Bonchev–Trinajstić information content (AvgIpc) is 2.04. The molecule has 0 aromatic carbocycles. The third-order valence-corrected chi connectivity index (χ3v) is 1.77. The first-order valence-corrected chi connectivity index (χ1v) is 4.13. The van der Waals surface area contributed by atoms with Gasteiger partial charge in [0, 0.05) is 0 Å². The van der Waals surface area contributed by atoms with Gasteiger partial charge in [-0.3, -0.25) is 0 Å². The van der Waals surface area contributed by atoms with E-state index >= 15 is 0 Å². The molecule has 0 aliphatic heterocycles. The number of aliphatic hydroxyl groups excluding tert-OH is 1. The molecule has 0 fully saturated rings. The van der Waals surface area contributed by atoms with E-state index in [0.29, 0.717) is 0 Å². The van der Waals surface area contributed by atoms with Gasteiger partial charge >= 0.3 is 0 Å². The molecule has 0 amide bonds. The maximum absolute atomic E-state index is 8.64. The Balaban J connectivity index is 3.48. The molecule has 0 aromatic heterocycles. The number of allylic oxidation sites excluding steroid dienone is 2. The molecular weight excluding hydrogens is 136 g/mol.